The molecule has 15 atom stereocenters. The Bertz CT molecular complexity index is 2010. The third-order valence-corrected chi connectivity index (χ3v) is 18.3. The van der Waals surface area contributed by atoms with Gasteiger partial charge in [-0.15, -0.1) is 0 Å². The predicted octanol–water partition coefficient (Wildman–Crippen LogP) is 6.34. The van der Waals surface area contributed by atoms with Crippen LogP contribution in [0.15, 0.2) is 0 Å². The molecule has 0 bridgehead atoms. The van der Waals surface area contributed by atoms with Crippen molar-refractivity contribution in [2.75, 3.05) is 59.3 Å². The Morgan fingerprint density at radius 1 is 0.380 bits per heavy atom. The fourth-order valence-corrected chi connectivity index (χ4v) is 12.3. The first-order chi connectivity index (χ1) is 43.6. The number of unbranched alkanes of at least 4 members (excludes halogenated alkanes) is 9. The molecule has 6 unspecified atom stereocenters. The van der Waals surface area contributed by atoms with Crippen molar-refractivity contribution in [3.8, 4) is 0 Å². The van der Waals surface area contributed by atoms with Crippen LogP contribution in [0.3, 0.4) is 0 Å². The van der Waals surface area contributed by atoms with Crippen LogP contribution < -0.4 is 37.2 Å². The monoisotopic (exact) mass is 1310 g/mol. The molecule has 25 heteroatoms. The van der Waals surface area contributed by atoms with Crippen molar-refractivity contribution >= 4 is 53.4 Å². The van der Waals surface area contributed by atoms with Crippen LogP contribution in [-0.2, 0) is 85.8 Å². The normalized spacial score (nSPS) is 27.0. The molecule has 25 nitrogen and oxygen atoms in total. The third-order valence-electron chi connectivity index (χ3n) is 18.3. The lowest BCUT2D eigenvalue weighted by atomic mass is 9.82. The molecule has 0 aromatic carbocycles. The maximum atomic E-state index is 13.5. The van der Waals surface area contributed by atoms with Gasteiger partial charge in [0.15, 0.2) is 18.9 Å². The van der Waals surface area contributed by atoms with Crippen molar-refractivity contribution in [3.63, 3.8) is 0 Å². The van der Waals surface area contributed by atoms with Gasteiger partial charge in [-0.1, -0.05) is 93.9 Å². The fourth-order valence-electron chi connectivity index (χ4n) is 12.3. The van der Waals surface area contributed by atoms with Gasteiger partial charge in [-0.3, -0.25) is 43.2 Å². The van der Waals surface area contributed by atoms with Gasteiger partial charge in [0.05, 0.1) is 36.4 Å². The standard InChI is InChI=1S/C67H119N7O18/c1-42(2)74-67(30-27-58(81)68-33-21-15-18-24-36-84-64-61(71-49(9)75)46(6)43(3)55(90-64)39-87-52(12)78,31-28-59(82)69-34-22-16-19-25-37-85-65-62(72-50(10)76)47(7)44(4)56(91-65)40-88-53(13)79)32-29-60(83)70-35-23-17-20-26-38-86-66-63(73-51(11)77)48(8)45(5)57(92-66)41-89-54(14)80/h42-48,55-57,61-66,74H,15-41H2,1-14H3,(H,68,81)(H,69,82)(H,70,83)(H,71,75)(H,72,76)(H,73,77)/t43-,44-,45-,46+,47+,48+,55?,56?,57?,61?,62?,63?,64-,65-,66-,67?/m1/s1. The molecule has 6 amide bonds. The fraction of sp³-hybridized carbons (Fsp3) is 0.866. The summed E-state index contributed by atoms with van der Waals surface area (Å²) in [5, 5.41) is 21.9. The van der Waals surface area contributed by atoms with Gasteiger partial charge in [-0.05, 0) is 93.3 Å². The van der Waals surface area contributed by atoms with Gasteiger partial charge >= 0.3 is 17.9 Å². The predicted molar refractivity (Wildman–Crippen MR) is 345 cm³/mol. The maximum Gasteiger partial charge on any atom is 0.302 e. The van der Waals surface area contributed by atoms with Crippen molar-refractivity contribution < 1.29 is 85.8 Å². The minimum atomic E-state index is -0.702. The lowest BCUT2D eigenvalue weighted by Crippen LogP contribution is -2.58. The summed E-state index contributed by atoms with van der Waals surface area (Å²) in [6, 6.07) is -1.09. The number of carbonyl (C=O) groups excluding carboxylic acids is 9. The second-order valence-corrected chi connectivity index (χ2v) is 26.4. The summed E-state index contributed by atoms with van der Waals surface area (Å²) >= 11 is 0. The Balaban J connectivity index is 1.53. The van der Waals surface area contributed by atoms with E-state index in [2.05, 4.69) is 37.2 Å². The van der Waals surface area contributed by atoms with E-state index in [1.807, 2.05) is 55.4 Å². The van der Waals surface area contributed by atoms with Gasteiger partial charge < -0.3 is 79.8 Å². The quantitative estimate of drug-likeness (QED) is 0.0199. The molecule has 0 radical (unpaired) electrons. The van der Waals surface area contributed by atoms with Crippen molar-refractivity contribution in [1.29, 1.82) is 0 Å². The molecule has 3 heterocycles. The molecule has 530 valence electrons. The Morgan fingerprint density at radius 3 is 0.880 bits per heavy atom. The summed E-state index contributed by atoms with van der Waals surface area (Å²) in [5.41, 5.74) is -0.702. The van der Waals surface area contributed by atoms with Crippen molar-refractivity contribution in [2.24, 2.45) is 35.5 Å². The first-order valence-electron chi connectivity index (χ1n) is 34.2. The van der Waals surface area contributed by atoms with Gasteiger partial charge in [0, 0.05) is 112 Å². The molecule has 92 heavy (non-hydrogen) atoms. The number of hydrogen-bond acceptors (Lipinski definition) is 19. The van der Waals surface area contributed by atoms with E-state index in [4.69, 9.17) is 42.6 Å². The summed E-state index contributed by atoms with van der Waals surface area (Å²) in [6.45, 7) is 27.5. The molecular weight excluding hydrogens is 1190 g/mol. The Hall–Kier alpha value is -5.05. The molecule has 3 rings (SSSR count). The topological polar surface area (TPSA) is 321 Å². The van der Waals surface area contributed by atoms with Crippen LogP contribution >= 0.6 is 0 Å². The van der Waals surface area contributed by atoms with E-state index < -0.39 is 42.3 Å². The smallest absolute Gasteiger partial charge is 0.302 e. The molecule has 7 N–H and O–H groups in total. The lowest BCUT2D eigenvalue weighted by Gasteiger charge is -2.44. The number of rotatable bonds is 44. The SMILES string of the molecule is CC(=O)NC1[C@H](OCCCCCCNC(=O)CCC(CCC(=O)NCCCCCCO[C@@H]2OC(COC(C)=O)[C@H](C)[C@H](C)C2NC(C)=O)(CCC(=O)NCCCCCCO[C@@H]2OC(COC(C)=O)[C@H](C)[C@H](C)C2NC(C)=O)NC(C)C)OC(COC(C)=O)[C@H](C)[C@@H]1C. The highest BCUT2D eigenvalue weighted by molar-refractivity contribution is 5.78. The van der Waals surface area contributed by atoms with Crippen LogP contribution in [-0.4, -0.2) is 180 Å². The first kappa shape index (κ1) is 81.2. The molecular formula is C67H119N7O18. The van der Waals surface area contributed by atoms with Gasteiger partial charge in [-0.2, -0.15) is 0 Å². The highest BCUT2D eigenvalue weighted by Crippen LogP contribution is 2.35. The number of ether oxygens (including phenoxy) is 9. The molecule has 0 saturated carbocycles. The molecule has 3 saturated heterocycles. The average Bonchev–Trinajstić information content (AvgIpc) is 0.857. The summed E-state index contributed by atoms with van der Waals surface area (Å²) in [6.07, 6.45) is 8.10. The molecule has 3 fully saturated rings. The summed E-state index contributed by atoms with van der Waals surface area (Å²) in [4.78, 5) is 111. The van der Waals surface area contributed by atoms with Crippen LogP contribution in [0.4, 0.5) is 0 Å². The molecule has 0 spiro atoms. The molecule has 3 aliphatic heterocycles. The third kappa shape index (κ3) is 31.5. The Labute approximate surface area is 548 Å². The van der Waals surface area contributed by atoms with Crippen molar-refractivity contribution in [3.05, 3.63) is 0 Å². The average molecular weight is 1310 g/mol. The molecule has 0 aromatic rings. The van der Waals surface area contributed by atoms with Gasteiger partial charge in [0.1, 0.15) is 19.8 Å². The minimum Gasteiger partial charge on any atom is -0.463 e. The summed E-state index contributed by atoms with van der Waals surface area (Å²) in [5.74, 6) is -2.01. The zero-order chi connectivity index (χ0) is 68.3. The lowest BCUT2D eigenvalue weighted by molar-refractivity contribution is -0.244. The van der Waals surface area contributed by atoms with Crippen LogP contribution in [0.25, 0.3) is 0 Å². The van der Waals surface area contributed by atoms with E-state index in [0.29, 0.717) is 58.7 Å². The minimum absolute atomic E-state index is 0.00863. The number of amides is 6. The van der Waals surface area contributed by atoms with E-state index in [-0.39, 0.29) is 153 Å². The second kappa shape index (κ2) is 43.8. The van der Waals surface area contributed by atoms with Crippen LogP contribution in [0.2, 0.25) is 0 Å². The van der Waals surface area contributed by atoms with E-state index in [1.165, 1.54) is 41.5 Å². The van der Waals surface area contributed by atoms with E-state index >= 15 is 0 Å². The van der Waals surface area contributed by atoms with E-state index in [9.17, 15) is 43.2 Å². The van der Waals surface area contributed by atoms with Gasteiger partial charge in [0.2, 0.25) is 35.4 Å². The van der Waals surface area contributed by atoms with E-state index in [0.717, 1.165) is 77.0 Å². The maximum absolute atomic E-state index is 13.5. The number of nitrogens with one attached hydrogen (secondary N) is 7. The van der Waals surface area contributed by atoms with Crippen LogP contribution in [0, 0.1) is 35.5 Å². The van der Waals surface area contributed by atoms with Crippen molar-refractivity contribution in [1.82, 2.24) is 37.2 Å². The molecule has 0 aliphatic carbocycles. The summed E-state index contributed by atoms with van der Waals surface area (Å²) < 4.78 is 52.9. The molecule has 0 aromatic heterocycles. The van der Waals surface area contributed by atoms with Gasteiger partial charge in [-0.25, -0.2) is 0 Å². The second-order valence-electron chi connectivity index (χ2n) is 26.4. The summed E-state index contributed by atoms with van der Waals surface area (Å²) in [7, 11) is 0. The number of esters is 3. The zero-order valence-corrected chi connectivity index (χ0v) is 58.2. The highest BCUT2D eigenvalue weighted by atomic mass is 16.7. The largest absolute Gasteiger partial charge is 0.463 e. The van der Waals surface area contributed by atoms with Gasteiger partial charge in [0.25, 0.3) is 0 Å². The number of carbonyl (C=O) groups is 9. The number of hydrogen-bond donors (Lipinski definition) is 7. The van der Waals surface area contributed by atoms with Crippen LogP contribution in [0.5, 0.6) is 0 Å². The zero-order valence-electron chi connectivity index (χ0n) is 58.2. The van der Waals surface area contributed by atoms with Crippen LogP contribution in [0.1, 0.15) is 213 Å². The Kier molecular flexibility index (Phi) is 38.7. The first-order valence-corrected chi connectivity index (χ1v) is 34.2. The Morgan fingerprint density at radius 2 is 0.641 bits per heavy atom. The van der Waals surface area contributed by atoms with E-state index in [1.54, 1.807) is 0 Å². The van der Waals surface area contributed by atoms with Crippen molar-refractivity contribution in [2.45, 2.75) is 279 Å². The highest BCUT2D eigenvalue weighted by Gasteiger charge is 2.46. The molecule has 3 aliphatic rings.